The van der Waals surface area contributed by atoms with Crippen LogP contribution in [0.4, 0.5) is 0 Å². The second-order valence-electron chi connectivity index (χ2n) is 3.87. The van der Waals surface area contributed by atoms with Gasteiger partial charge in [-0.3, -0.25) is 0 Å². The van der Waals surface area contributed by atoms with E-state index in [2.05, 4.69) is 31.1 Å². The fraction of sp³-hybridized carbons (Fsp3) is 0.667. The molecule has 0 unspecified atom stereocenters. The van der Waals surface area contributed by atoms with Crippen molar-refractivity contribution < 1.29 is 4.79 Å². The second kappa shape index (κ2) is 4.35. The summed E-state index contributed by atoms with van der Waals surface area (Å²) in [5.74, 6) is 3.15. The van der Waals surface area contributed by atoms with Gasteiger partial charge in [-0.05, 0) is 0 Å². The van der Waals surface area contributed by atoms with Crippen LogP contribution >= 0.6 is 0 Å². The van der Waals surface area contributed by atoms with Crippen molar-refractivity contribution in [3.05, 3.63) is 0 Å². The Labute approximate surface area is 70.2 Å². The lowest BCUT2D eigenvalue weighted by atomic mass is 10.1. The standard InChI is InChI=1S/C9H16OSi/c1-9(8-10)6-5-7-11(2,3)4/h8-9H,6H2,1-4H3/t9-/m1/s1. The molecule has 0 heterocycles. The SMILES string of the molecule is C[C@@H](C=O)CC#C[Si](C)(C)C. The third-order valence-electron chi connectivity index (χ3n) is 1.12. The summed E-state index contributed by atoms with van der Waals surface area (Å²) in [5, 5.41) is 0. The lowest BCUT2D eigenvalue weighted by Gasteiger charge is -2.03. The van der Waals surface area contributed by atoms with Crippen molar-refractivity contribution in [2.24, 2.45) is 5.92 Å². The van der Waals surface area contributed by atoms with Gasteiger partial charge >= 0.3 is 0 Å². The number of hydrogen-bond acceptors (Lipinski definition) is 1. The van der Waals surface area contributed by atoms with E-state index in [1.807, 2.05) is 6.92 Å². The first-order chi connectivity index (χ1) is 4.95. The van der Waals surface area contributed by atoms with Crippen molar-refractivity contribution in [3.63, 3.8) is 0 Å². The molecular weight excluding hydrogens is 152 g/mol. The maximum atomic E-state index is 10.2. The van der Waals surface area contributed by atoms with Crippen LogP contribution in [-0.4, -0.2) is 14.4 Å². The molecule has 0 saturated heterocycles. The molecule has 0 aromatic rings. The number of aldehydes is 1. The van der Waals surface area contributed by atoms with Gasteiger partial charge in [-0.25, -0.2) is 0 Å². The second-order valence-corrected chi connectivity index (χ2v) is 8.62. The van der Waals surface area contributed by atoms with Crippen LogP contribution in [0.3, 0.4) is 0 Å². The fourth-order valence-corrected chi connectivity index (χ4v) is 1.16. The van der Waals surface area contributed by atoms with Gasteiger partial charge < -0.3 is 4.79 Å². The minimum absolute atomic E-state index is 0.0962. The molecule has 62 valence electrons. The Morgan fingerprint density at radius 1 is 1.45 bits per heavy atom. The van der Waals surface area contributed by atoms with Gasteiger partial charge in [-0.2, -0.15) is 0 Å². The zero-order valence-electron chi connectivity index (χ0n) is 7.77. The third kappa shape index (κ3) is 7.34. The first kappa shape index (κ1) is 10.4. The number of rotatable bonds is 2. The number of carbonyl (C=O) groups excluding carboxylic acids is 1. The van der Waals surface area contributed by atoms with Crippen molar-refractivity contribution in [2.45, 2.75) is 33.0 Å². The van der Waals surface area contributed by atoms with Crippen LogP contribution in [0, 0.1) is 17.4 Å². The predicted molar refractivity (Wildman–Crippen MR) is 51.0 cm³/mol. The molecule has 11 heavy (non-hydrogen) atoms. The first-order valence-electron chi connectivity index (χ1n) is 3.91. The van der Waals surface area contributed by atoms with E-state index in [9.17, 15) is 4.79 Å². The van der Waals surface area contributed by atoms with Crippen LogP contribution in [0.25, 0.3) is 0 Å². The molecule has 0 radical (unpaired) electrons. The molecule has 0 aromatic carbocycles. The minimum atomic E-state index is -1.21. The minimum Gasteiger partial charge on any atom is -0.303 e. The fourth-order valence-electron chi connectivity index (χ4n) is 0.525. The highest BCUT2D eigenvalue weighted by Gasteiger charge is 2.07. The quantitative estimate of drug-likeness (QED) is 0.350. The molecule has 0 aliphatic carbocycles. The lowest BCUT2D eigenvalue weighted by Crippen LogP contribution is -2.16. The first-order valence-corrected chi connectivity index (χ1v) is 7.41. The van der Waals surface area contributed by atoms with Gasteiger partial charge in [0.25, 0.3) is 0 Å². The molecule has 0 aliphatic rings. The molecule has 0 rings (SSSR count). The lowest BCUT2D eigenvalue weighted by molar-refractivity contribution is -0.110. The van der Waals surface area contributed by atoms with Gasteiger partial charge in [-0.15, -0.1) is 11.5 Å². The normalized spacial score (nSPS) is 13.1. The Hall–Kier alpha value is -0.553. The Morgan fingerprint density at radius 2 is 2.00 bits per heavy atom. The van der Waals surface area contributed by atoms with Gasteiger partial charge in [-0.1, -0.05) is 26.6 Å². The molecule has 1 atom stereocenters. The molecule has 0 amide bonds. The zero-order chi connectivity index (χ0) is 8.91. The van der Waals surface area contributed by atoms with E-state index in [0.717, 1.165) is 6.29 Å². The molecule has 0 fully saturated rings. The van der Waals surface area contributed by atoms with E-state index in [1.165, 1.54) is 0 Å². The summed E-state index contributed by atoms with van der Waals surface area (Å²) in [6.45, 7) is 8.49. The van der Waals surface area contributed by atoms with Crippen LogP contribution in [0.2, 0.25) is 19.6 Å². The van der Waals surface area contributed by atoms with E-state index >= 15 is 0 Å². The van der Waals surface area contributed by atoms with Crippen molar-refractivity contribution in [3.8, 4) is 11.5 Å². The summed E-state index contributed by atoms with van der Waals surface area (Å²) in [6, 6.07) is 0. The Bertz CT molecular complexity index is 180. The molecule has 0 saturated carbocycles. The van der Waals surface area contributed by atoms with Gasteiger partial charge in [0.2, 0.25) is 0 Å². The maximum absolute atomic E-state index is 10.2. The molecule has 0 aromatic heterocycles. The van der Waals surface area contributed by atoms with Crippen molar-refractivity contribution in [1.82, 2.24) is 0 Å². The van der Waals surface area contributed by atoms with Crippen LogP contribution in [0.1, 0.15) is 13.3 Å². The highest BCUT2D eigenvalue weighted by molar-refractivity contribution is 6.83. The molecule has 0 spiro atoms. The van der Waals surface area contributed by atoms with E-state index in [1.54, 1.807) is 0 Å². The topological polar surface area (TPSA) is 17.1 Å². The Balaban J connectivity index is 3.82. The van der Waals surface area contributed by atoms with Crippen LogP contribution in [0.5, 0.6) is 0 Å². The van der Waals surface area contributed by atoms with E-state index in [0.29, 0.717) is 6.42 Å². The van der Waals surface area contributed by atoms with E-state index < -0.39 is 8.07 Å². The molecule has 0 bridgehead atoms. The monoisotopic (exact) mass is 168 g/mol. The summed E-state index contributed by atoms with van der Waals surface area (Å²) in [5.41, 5.74) is 3.22. The highest BCUT2D eigenvalue weighted by Crippen LogP contribution is 1.99. The summed E-state index contributed by atoms with van der Waals surface area (Å²) in [4.78, 5) is 10.2. The molecule has 1 nitrogen and oxygen atoms in total. The van der Waals surface area contributed by atoms with Crippen molar-refractivity contribution in [1.29, 1.82) is 0 Å². The zero-order valence-corrected chi connectivity index (χ0v) is 8.77. The highest BCUT2D eigenvalue weighted by atomic mass is 28.3. The van der Waals surface area contributed by atoms with Gasteiger partial charge in [0, 0.05) is 12.3 Å². The van der Waals surface area contributed by atoms with Gasteiger partial charge in [0.15, 0.2) is 0 Å². The molecule has 0 N–H and O–H groups in total. The number of hydrogen-bond donors (Lipinski definition) is 0. The maximum Gasteiger partial charge on any atom is 0.129 e. The van der Waals surface area contributed by atoms with Gasteiger partial charge in [0.1, 0.15) is 14.4 Å². The van der Waals surface area contributed by atoms with Gasteiger partial charge in [0.05, 0.1) is 0 Å². The summed E-state index contributed by atoms with van der Waals surface area (Å²) < 4.78 is 0. The van der Waals surface area contributed by atoms with Crippen molar-refractivity contribution in [2.75, 3.05) is 0 Å². The summed E-state index contributed by atoms with van der Waals surface area (Å²) >= 11 is 0. The van der Waals surface area contributed by atoms with Crippen LogP contribution in [0.15, 0.2) is 0 Å². The Morgan fingerprint density at radius 3 is 2.36 bits per heavy atom. The van der Waals surface area contributed by atoms with E-state index in [4.69, 9.17) is 0 Å². The smallest absolute Gasteiger partial charge is 0.129 e. The predicted octanol–water partition coefficient (Wildman–Crippen LogP) is 2.09. The molecule has 2 heteroatoms. The summed E-state index contributed by atoms with van der Waals surface area (Å²) in [7, 11) is -1.21. The summed E-state index contributed by atoms with van der Waals surface area (Å²) in [6.07, 6.45) is 1.67. The van der Waals surface area contributed by atoms with Crippen molar-refractivity contribution >= 4 is 14.4 Å². The van der Waals surface area contributed by atoms with E-state index in [-0.39, 0.29) is 5.92 Å². The van der Waals surface area contributed by atoms with Crippen LogP contribution in [-0.2, 0) is 4.79 Å². The average molecular weight is 168 g/mol. The Kier molecular flexibility index (Phi) is 4.13. The third-order valence-corrected chi connectivity index (χ3v) is 2.05. The van der Waals surface area contributed by atoms with Crippen LogP contribution < -0.4 is 0 Å². The molecule has 0 aliphatic heterocycles. The largest absolute Gasteiger partial charge is 0.303 e. The molecular formula is C9H16OSi. The average Bonchev–Trinajstić information content (AvgIpc) is 1.85. The number of carbonyl (C=O) groups is 1.